The minimum absolute atomic E-state index is 0.186. The monoisotopic (exact) mass is 257 g/mol. The number of halogens is 1. The molecule has 0 radical (unpaired) electrons. The molecule has 0 heterocycles. The van der Waals surface area contributed by atoms with Gasteiger partial charge in [0.25, 0.3) is 0 Å². The van der Waals surface area contributed by atoms with Gasteiger partial charge in [-0.15, -0.1) is 0 Å². The molecule has 2 aromatic carbocycles. The molecule has 0 bridgehead atoms. The summed E-state index contributed by atoms with van der Waals surface area (Å²) in [7, 11) is 0. The van der Waals surface area contributed by atoms with Gasteiger partial charge in [0.1, 0.15) is 5.82 Å². The second-order valence-electron chi connectivity index (χ2n) is 5.14. The highest BCUT2D eigenvalue weighted by Crippen LogP contribution is 2.22. The molecule has 1 nitrogen and oxygen atoms in total. The van der Waals surface area contributed by atoms with Crippen molar-refractivity contribution in [3.8, 4) is 0 Å². The Bertz CT molecular complexity index is 490. The van der Waals surface area contributed by atoms with Gasteiger partial charge in [-0.3, -0.25) is 0 Å². The number of hydrogen-bond acceptors (Lipinski definition) is 1. The molecule has 2 heteroatoms. The number of nitrogens with one attached hydrogen (secondary N) is 1. The van der Waals surface area contributed by atoms with Crippen LogP contribution in [-0.2, 0) is 6.54 Å². The minimum atomic E-state index is -0.186. The fraction of sp³-hybridized carbons (Fsp3) is 0.294. The Morgan fingerprint density at radius 2 is 1.58 bits per heavy atom. The predicted molar refractivity (Wildman–Crippen MR) is 77.3 cm³/mol. The maximum absolute atomic E-state index is 13.0. The van der Waals surface area contributed by atoms with E-state index < -0.39 is 0 Å². The van der Waals surface area contributed by atoms with E-state index in [1.54, 1.807) is 0 Å². The summed E-state index contributed by atoms with van der Waals surface area (Å²) >= 11 is 0. The van der Waals surface area contributed by atoms with Crippen molar-refractivity contribution in [1.82, 2.24) is 5.32 Å². The molecule has 1 N–H and O–H groups in total. The Labute approximate surface area is 114 Å². The summed E-state index contributed by atoms with van der Waals surface area (Å²) in [4.78, 5) is 0. The second kappa shape index (κ2) is 6.48. The molecule has 0 aliphatic carbocycles. The smallest absolute Gasteiger partial charge is 0.123 e. The quantitative estimate of drug-likeness (QED) is 0.841. The molecule has 0 spiro atoms. The molecule has 0 aromatic heterocycles. The molecule has 0 aliphatic rings. The van der Waals surface area contributed by atoms with Gasteiger partial charge in [-0.2, -0.15) is 0 Å². The zero-order valence-corrected chi connectivity index (χ0v) is 11.4. The summed E-state index contributed by atoms with van der Waals surface area (Å²) < 4.78 is 13.0. The zero-order valence-electron chi connectivity index (χ0n) is 11.4. The van der Waals surface area contributed by atoms with E-state index in [4.69, 9.17) is 0 Å². The molecular weight excluding hydrogens is 237 g/mol. The normalized spacial score (nSPS) is 12.6. The highest BCUT2D eigenvalue weighted by molar-refractivity contribution is 5.21. The van der Waals surface area contributed by atoms with Gasteiger partial charge >= 0.3 is 0 Å². The average Bonchev–Trinajstić information content (AvgIpc) is 2.42. The van der Waals surface area contributed by atoms with Gasteiger partial charge in [-0.1, -0.05) is 56.3 Å². The molecule has 2 rings (SSSR count). The number of benzene rings is 2. The van der Waals surface area contributed by atoms with Gasteiger partial charge in [0.15, 0.2) is 0 Å². The van der Waals surface area contributed by atoms with Crippen LogP contribution in [0.5, 0.6) is 0 Å². The lowest BCUT2D eigenvalue weighted by Gasteiger charge is -2.23. The number of rotatable bonds is 5. The van der Waals surface area contributed by atoms with Crippen LogP contribution in [0.15, 0.2) is 54.6 Å². The van der Waals surface area contributed by atoms with Crippen LogP contribution in [0.4, 0.5) is 4.39 Å². The zero-order chi connectivity index (χ0) is 13.7. The van der Waals surface area contributed by atoms with E-state index in [0.29, 0.717) is 5.92 Å². The topological polar surface area (TPSA) is 12.0 Å². The first-order valence-corrected chi connectivity index (χ1v) is 6.69. The molecule has 1 atom stereocenters. The third kappa shape index (κ3) is 3.90. The van der Waals surface area contributed by atoms with E-state index >= 15 is 0 Å². The third-order valence-electron chi connectivity index (χ3n) is 3.26. The van der Waals surface area contributed by atoms with Crippen LogP contribution in [0.3, 0.4) is 0 Å². The van der Waals surface area contributed by atoms with Crippen molar-refractivity contribution in [1.29, 1.82) is 0 Å². The molecule has 0 aliphatic heterocycles. The molecule has 1 unspecified atom stereocenters. The fourth-order valence-electron chi connectivity index (χ4n) is 2.23. The van der Waals surface area contributed by atoms with Crippen LogP contribution in [-0.4, -0.2) is 0 Å². The lowest BCUT2D eigenvalue weighted by molar-refractivity contribution is 0.410. The van der Waals surface area contributed by atoms with Crippen molar-refractivity contribution in [3.05, 3.63) is 71.5 Å². The Hall–Kier alpha value is -1.67. The van der Waals surface area contributed by atoms with Crippen LogP contribution >= 0.6 is 0 Å². The first kappa shape index (κ1) is 13.8. The molecular formula is C17H20FN. The van der Waals surface area contributed by atoms with E-state index in [9.17, 15) is 4.39 Å². The van der Waals surface area contributed by atoms with Crippen LogP contribution in [0.1, 0.15) is 31.0 Å². The van der Waals surface area contributed by atoms with Crippen molar-refractivity contribution >= 4 is 0 Å². The van der Waals surface area contributed by atoms with Crippen molar-refractivity contribution in [2.45, 2.75) is 26.4 Å². The maximum atomic E-state index is 13.0. The van der Waals surface area contributed by atoms with Crippen LogP contribution in [0.2, 0.25) is 0 Å². The van der Waals surface area contributed by atoms with Crippen molar-refractivity contribution in [2.24, 2.45) is 5.92 Å². The van der Waals surface area contributed by atoms with Crippen LogP contribution < -0.4 is 5.32 Å². The predicted octanol–water partition coefficient (Wildman–Crippen LogP) is 4.31. The summed E-state index contributed by atoms with van der Waals surface area (Å²) in [5, 5.41) is 3.55. The highest BCUT2D eigenvalue weighted by Gasteiger charge is 2.15. The van der Waals surface area contributed by atoms with Crippen molar-refractivity contribution in [3.63, 3.8) is 0 Å². The standard InChI is InChI=1S/C17H20FN/c1-13(2)17(15-8-10-16(18)11-9-15)19-12-14-6-4-3-5-7-14/h3-11,13,17,19H,12H2,1-2H3. The summed E-state index contributed by atoms with van der Waals surface area (Å²) in [6.07, 6.45) is 0. The van der Waals surface area contributed by atoms with E-state index in [2.05, 4.69) is 31.3 Å². The Morgan fingerprint density at radius 3 is 2.16 bits per heavy atom. The highest BCUT2D eigenvalue weighted by atomic mass is 19.1. The van der Waals surface area contributed by atoms with E-state index in [-0.39, 0.29) is 11.9 Å². The molecule has 2 aromatic rings. The molecule has 19 heavy (non-hydrogen) atoms. The van der Waals surface area contributed by atoms with Gasteiger partial charge < -0.3 is 5.32 Å². The molecule has 0 fully saturated rings. The van der Waals surface area contributed by atoms with Crippen LogP contribution in [0.25, 0.3) is 0 Å². The minimum Gasteiger partial charge on any atom is -0.306 e. The van der Waals surface area contributed by atoms with Crippen LogP contribution in [0, 0.1) is 11.7 Å². The van der Waals surface area contributed by atoms with Crippen molar-refractivity contribution in [2.75, 3.05) is 0 Å². The SMILES string of the molecule is CC(C)C(NCc1ccccc1)c1ccc(F)cc1. The first-order valence-electron chi connectivity index (χ1n) is 6.69. The summed E-state index contributed by atoms with van der Waals surface area (Å²) in [5.41, 5.74) is 2.39. The third-order valence-corrected chi connectivity index (χ3v) is 3.26. The molecule has 100 valence electrons. The molecule has 0 saturated heterocycles. The van der Waals surface area contributed by atoms with Crippen molar-refractivity contribution < 1.29 is 4.39 Å². The molecule has 0 amide bonds. The summed E-state index contributed by atoms with van der Waals surface area (Å²) in [6, 6.07) is 17.3. The fourth-order valence-corrected chi connectivity index (χ4v) is 2.23. The maximum Gasteiger partial charge on any atom is 0.123 e. The average molecular weight is 257 g/mol. The van der Waals surface area contributed by atoms with E-state index in [0.717, 1.165) is 12.1 Å². The van der Waals surface area contributed by atoms with E-state index in [1.165, 1.54) is 17.7 Å². The van der Waals surface area contributed by atoms with Gasteiger partial charge in [-0.05, 0) is 29.2 Å². The molecule has 0 saturated carbocycles. The second-order valence-corrected chi connectivity index (χ2v) is 5.14. The Balaban J connectivity index is 2.06. The van der Waals surface area contributed by atoms with E-state index in [1.807, 2.05) is 30.3 Å². The largest absolute Gasteiger partial charge is 0.306 e. The Kier molecular flexibility index (Phi) is 4.69. The first-order chi connectivity index (χ1) is 9.16. The van der Waals surface area contributed by atoms with Gasteiger partial charge in [0, 0.05) is 12.6 Å². The number of hydrogen-bond donors (Lipinski definition) is 1. The lowest BCUT2D eigenvalue weighted by Crippen LogP contribution is -2.25. The van der Waals surface area contributed by atoms with Gasteiger partial charge in [0.05, 0.1) is 0 Å². The van der Waals surface area contributed by atoms with Gasteiger partial charge in [-0.25, -0.2) is 4.39 Å². The Morgan fingerprint density at radius 1 is 0.947 bits per heavy atom. The lowest BCUT2D eigenvalue weighted by atomic mass is 9.96. The van der Waals surface area contributed by atoms with Gasteiger partial charge in [0.2, 0.25) is 0 Å². The summed E-state index contributed by atoms with van der Waals surface area (Å²) in [5.74, 6) is 0.267. The summed E-state index contributed by atoms with van der Waals surface area (Å²) in [6.45, 7) is 5.17.